The summed E-state index contributed by atoms with van der Waals surface area (Å²) in [5.74, 6) is -4.18. The van der Waals surface area contributed by atoms with Crippen LogP contribution in [0.2, 0.25) is 5.02 Å². The Bertz CT molecular complexity index is 1510. The topological polar surface area (TPSA) is 104 Å². The smallest absolute Gasteiger partial charge is 0.241 e. The summed E-state index contributed by atoms with van der Waals surface area (Å²) in [7, 11) is 0. The number of aliphatic hydroxyl groups excluding tert-OH is 1. The largest absolute Gasteiger partial charge is 0.491 e. The second-order valence-electron chi connectivity index (χ2n) is 11.7. The number of likely N-dealkylation sites (tertiary alicyclic amines) is 1. The van der Waals surface area contributed by atoms with Gasteiger partial charge in [-0.25, -0.2) is 9.29 Å². The summed E-state index contributed by atoms with van der Waals surface area (Å²) >= 11 is 6.05. The van der Waals surface area contributed by atoms with Crippen molar-refractivity contribution in [3.8, 4) is 5.75 Å². The quantitative estimate of drug-likeness (QED) is 0.374. The third-order valence-corrected chi connectivity index (χ3v) is 9.84. The van der Waals surface area contributed by atoms with Crippen LogP contribution in [0.25, 0.3) is 0 Å². The highest BCUT2D eigenvalue weighted by atomic mass is 35.5. The monoisotopic (exact) mass is 594 g/mol. The predicted molar refractivity (Wildman–Crippen MR) is 152 cm³/mol. The lowest BCUT2D eigenvalue weighted by Gasteiger charge is -2.49. The van der Waals surface area contributed by atoms with Crippen LogP contribution in [-0.2, 0) is 19.2 Å². The van der Waals surface area contributed by atoms with E-state index in [1.165, 1.54) is 17.0 Å². The third-order valence-electron chi connectivity index (χ3n) is 9.55. The number of ether oxygens (including phenoxy) is 1. The first-order chi connectivity index (χ1) is 20.1. The first kappa shape index (κ1) is 28.6. The third kappa shape index (κ3) is 4.12. The molecule has 2 heterocycles. The maximum Gasteiger partial charge on any atom is 0.241 e. The molecule has 4 amide bonds. The molecular formula is C32H32ClFN2O6. The van der Waals surface area contributed by atoms with Gasteiger partial charge in [0, 0.05) is 12.5 Å². The molecule has 0 aromatic heterocycles. The zero-order valence-electron chi connectivity index (χ0n) is 23.4. The number of carbonyl (C=O) groups excluding carboxylic acids is 4. The average Bonchev–Trinajstić information content (AvgIpc) is 3.33. The minimum absolute atomic E-state index is 0.130. The number of benzene rings is 2. The summed E-state index contributed by atoms with van der Waals surface area (Å²) in [5.41, 5.74) is 0.638. The molecule has 220 valence electrons. The van der Waals surface area contributed by atoms with E-state index in [1.54, 1.807) is 19.1 Å². The molecule has 10 heteroatoms. The molecule has 0 bridgehead atoms. The van der Waals surface area contributed by atoms with Crippen LogP contribution in [-0.4, -0.2) is 53.4 Å². The molecule has 42 heavy (non-hydrogen) atoms. The molecule has 6 rings (SSSR count). The van der Waals surface area contributed by atoms with Crippen molar-refractivity contribution < 1.29 is 33.4 Å². The number of fused-ring (bicyclic) bond motifs is 4. The summed E-state index contributed by atoms with van der Waals surface area (Å²) in [6.07, 6.45) is 3.28. The van der Waals surface area contributed by atoms with Gasteiger partial charge in [0.05, 0.1) is 40.5 Å². The number of hydrogen-bond acceptors (Lipinski definition) is 6. The number of anilines is 1. The van der Waals surface area contributed by atoms with Gasteiger partial charge in [-0.05, 0) is 68.0 Å². The number of carbonyl (C=O) groups is 4. The van der Waals surface area contributed by atoms with Gasteiger partial charge in [-0.3, -0.25) is 24.1 Å². The second kappa shape index (κ2) is 10.6. The summed E-state index contributed by atoms with van der Waals surface area (Å²) in [6.45, 7) is 4.05. The fourth-order valence-electron chi connectivity index (χ4n) is 7.69. The average molecular weight is 595 g/mol. The van der Waals surface area contributed by atoms with Gasteiger partial charge in [0.25, 0.3) is 0 Å². The Morgan fingerprint density at radius 3 is 2.45 bits per heavy atom. The van der Waals surface area contributed by atoms with Gasteiger partial charge in [0.1, 0.15) is 18.2 Å². The lowest BCUT2D eigenvalue weighted by molar-refractivity contribution is -0.140. The zero-order chi connectivity index (χ0) is 29.9. The van der Waals surface area contributed by atoms with Gasteiger partial charge in [-0.2, -0.15) is 0 Å². The molecular weight excluding hydrogens is 563 g/mol. The van der Waals surface area contributed by atoms with Crippen LogP contribution in [0.1, 0.15) is 44.6 Å². The molecule has 6 atom stereocenters. The van der Waals surface area contributed by atoms with E-state index in [0.717, 1.165) is 22.1 Å². The molecule has 2 aliphatic carbocycles. The molecule has 2 aliphatic heterocycles. The Kier molecular flexibility index (Phi) is 7.22. The first-order valence-corrected chi connectivity index (χ1v) is 14.7. The predicted octanol–water partition coefficient (Wildman–Crippen LogP) is 4.49. The number of allylic oxidation sites excluding steroid dienone is 2. The van der Waals surface area contributed by atoms with Crippen molar-refractivity contribution >= 4 is 40.9 Å². The van der Waals surface area contributed by atoms with Crippen LogP contribution in [0.15, 0.2) is 54.1 Å². The number of rotatable bonds is 7. The highest BCUT2D eigenvalue weighted by Gasteiger charge is 2.67. The zero-order valence-corrected chi connectivity index (χ0v) is 24.1. The molecule has 2 aromatic rings. The maximum atomic E-state index is 14.4. The van der Waals surface area contributed by atoms with Gasteiger partial charge in [0.2, 0.25) is 23.6 Å². The van der Waals surface area contributed by atoms with E-state index < -0.39 is 52.6 Å². The van der Waals surface area contributed by atoms with Crippen molar-refractivity contribution in [1.29, 1.82) is 0 Å². The van der Waals surface area contributed by atoms with Crippen molar-refractivity contribution in [1.82, 2.24) is 4.90 Å². The molecule has 8 nitrogen and oxygen atoms in total. The van der Waals surface area contributed by atoms with E-state index >= 15 is 0 Å². The molecule has 1 saturated carbocycles. The molecule has 1 N–H and O–H groups in total. The van der Waals surface area contributed by atoms with Crippen LogP contribution >= 0.6 is 11.6 Å². The van der Waals surface area contributed by atoms with Gasteiger partial charge in [-0.15, -0.1) is 0 Å². The van der Waals surface area contributed by atoms with Crippen molar-refractivity contribution in [2.75, 3.05) is 24.7 Å². The molecule has 0 radical (unpaired) electrons. The number of halogens is 2. The van der Waals surface area contributed by atoms with Crippen molar-refractivity contribution in [2.45, 2.75) is 39.0 Å². The van der Waals surface area contributed by atoms with Gasteiger partial charge in [0.15, 0.2) is 0 Å². The number of imide groups is 2. The molecule has 3 fully saturated rings. The molecule has 2 saturated heterocycles. The van der Waals surface area contributed by atoms with Gasteiger partial charge >= 0.3 is 0 Å². The van der Waals surface area contributed by atoms with E-state index in [1.807, 2.05) is 25.1 Å². The highest BCUT2D eigenvalue weighted by Crippen LogP contribution is 2.63. The number of hydrogen-bond donors (Lipinski definition) is 1. The van der Waals surface area contributed by atoms with Crippen molar-refractivity contribution in [3.63, 3.8) is 0 Å². The lowest BCUT2D eigenvalue weighted by atomic mass is 9.51. The van der Waals surface area contributed by atoms with E-state index in [4.69, 9.17) is 21.4 Å². The summed E-state index contributed by atoms with van der Waals surface area (Å²) in [6, 6.07) is 11.0. The van der Waals surface area contributed by atoms with Crippen LogP contribution in [0.5, 0.6) is 5.75 Å². The highest BCUT2D eigenvalue weighted by molar-refractivity contribution is 6.31. The minimum Gasteiger partial charge on any atom is -0.491 e. The standard InChI is InChI=1S/C32H32ClFN2O6/c1-3-12-35-28(38)21-10-9-20-22(26(21)30(35)40)16-23-29(39)36(18-6-11-25(34)24(33)15-18)31(41)32(23,2)27(20)17-4-7-19(8-5-17)42-14-13-37/h4-9,11,15,21-23,26-27,37H,3,10,12-14,16H2,1-2H3. The summed E-state index contributed by atoms with van der Waals surface area (Å²) in [4.78, 5) is 57.9. The lowest BCUT2D eigenvalue weighted by Crippen LogP contribution is -2.48. The summed E-state index contributed by atoms with van der Waals surface area (Å²) < 4.78 is 19.6. The van der Waals surface area contributed by atoms with Crippen LogP contribution in [0, 0.1) is 34.9 Å². The Hall–Kier alpha value is -3.56. The normalized spacial score (nSPS) is 30.3. The maximum absolute atomic E-state index is 14.4. The van der Waals surface area contributed by atoms with E-state index in [2.05, 4.69) is 0 Å². The van der Waals surface area contributed by atoms with Crippen LogP contribution < -0.4 is 9.64 Å². The number of nitrogens with zero attached hydrogens (tertiary/aromatic N) is 2. The van der Waals surface area contributed by atoms with E-state index in [9.17, 15) is 23.6 Å². The SMILES string of the molecule is CCCN1C(=O)C2CC=C3C(CC4C(=O)N(c5ccc(F)c(Cl)c5)C(=O)C4(C)C3c3ccc(OCCO)cc3)C2C1=O. The van der Waals surface area contributed by atoms with Crippen molar-refractivity contribution in [3.05, 3.63) is 70.5 Å². The molecule has 2 aromatic carbocycles. The van der Waals surface area contributed by atoms with Gasteiger partial charge in [-0.1, -0.05) is 42.3 Å². The van der Waals surface area contributed by atoms with Crippen molar-refractivity contribution in [2.24, 2.45) is 29.1 Å². The van der Waals surface area contributed by atoms with Gasteiger partial charge < -0.3 is 9.84 Å². The Morgan fingerprint density at radius 1 is 1.05 bits per heavy atom. The molecule has 6 unspecified atom stereocenters. The number of aliphatic hydroxyl groups is 1. The van der Waals surface area contributed by atoms with Crippen LogP contribution in [0.3, 0.4) is 0 Å². The Morgan fingerprint density at radius 2 is 1.79 bits per heavy atom. The minimum atomic E-state index is -1.21. The fourth-order valence-corrected chi connectivity index (χ4v) is 7.87. The van der Waals surface area contributed by atoms with Crippen LogP contribution in [0.4, 0.5) is 10.1 Å². The van der Waals surface area contributed by atoms with E-state index in [-0.39, 0.29) is 42.2 Å². The second-order valence-corrected chi connectivity index (χ2v) is 12.1. The number of amides is 4. The molecule has 0 spiro atoms. The van der Waals surface area contributed by atoms with E-state index in [0.29, 0.717) is 25.1 Å². The molecule has 4 aliphatic rings. The first-order valence-electron chi connectivity index (χ1n) is 14.4. The Labute approximate surface area is 248 Å². The fraction of sp³-hybridized carbons (Fsp3) is 0.438. The summed E-state index contributed by atoms with van der Waals surface area (Å²) in [5, 5.41) is 8.93. The Balaban J connectivity index is 1.47.